The average molecular weight is 390 g/mol. The molecule has 9 nitrogen and oxygen atoms in total. The van der Waals surface area contributed by atoms with Crippen LogP contribution in [0.2, 0.25) is 10.4 Å². The van der Waals surface area contributed by atoms with Crippen LogP contribution in [0.15, 0.2) is 0 Å². The second-order valence-corrected chi connectivity index (χ2v) is 7.19. The van der Waals surface area contributed by atoms with Gasteiger partial charge >= 0.3 is 0 Å². The third-order valence-electron chi connectivity index (χ3n) is 4.37. The number of aromatic nitrogens is 5. The van der Waals surface area contributed by atoms with Crippen molar-refractivity contribution >= 4 is 34.4 Å². The molecular formula is C14H17Cl2N5O4. The Kier molecular flexibility index (Phi) is 4.33. The van der Waals surface area contributed by atoms with E-state index in [1.807, 2.05) is 13.8 Å². The van der Waals surface area contributed by atoms with Crippen molar-refractivity contribution in [2.75, 3.05) is 13.2 Å². The molecule has 0 bridgehead atoms. The van der Waals surface area contributed by atoms with Gasteiger partial charge in [0.15, 0.2) is 22.1 Å². The molecule has 2 fully saturated rings. The van der Waals surface area contributed by atoms with Gasteiger partial charge in [-0.1, -0.05) is 16.8 Å². The predicted molar refractivity (Wildman–Crippen MR) is 87.4 cm³/mol. The van der Waals surface area contributed by atoms with Gasteiger partial charge in [-0.25, -0.2) is 9.67 Å². The highest BCUT2D eigenvalue weighted by Gasteiger charge is 2.56. The number of aliphatic hydroxyl groups is 1. The van der Waals surface area contributed by atoms with E-state index in [1.54, 1.807) is 4.68 Å². The van der Waals surface area contributed by atoms with Crippen LogP contribution in [0, 0.1) is 0 Å². The lowest BCUT2D eigenvalue weighted by molar-refractivity contribution is -0.171. The number of aliphatic hydroxyl groups excluding tert-OH is 1. The summed E-state index contributed by atoms with van der Waals surface area (Å²) in [5, 5.41) is 17.5. The number of halogens is 2. The molecule has 2 aromatic rings. The van der Waals surface area contributed by atoms with E-state index >= 15 is 0 Å². The maximum absolute atomic E-state index is 9.05. The van der Waals surface area contributed by atoms with Gasteiger partial charge < -0.3 is 19.3 Å². The monoisotopic (exact) mass is 389 g/mol. The van der Waals surface area contributed by atoms with Gasteiger partial charge in [-0.05, 0) is 25.4 Å². The fourth-order valence-corrected chi connectivity index (χ4v) is 3.92. The van der Waals surface area contributed by atoms with E-state index < -0.39 is 5.79 Å². The summed E-state index contributed by atoms with van der Waals surface area (Å²) in [4.78, 5) is 8.09. The molecule has 25 heavy (non-hydrogen) atoms. The van der Waals surface area contributed by atoms with Crippen LogP contribution < -0.4 is 0 Å². The highest BCUT2D eigenvalue weighted by Crippen LogP contribution is 2.45. The Morgan fingerprint density at radius 3 is 2.80 bits per heavy atom. The fraction of sp³-hybridized carbons (Fsp3) is 0.714. The van der Waals surface area contributed by atoms with Crippen LogP contribution in [0.3, 0.4) is 0 Å². The lowest BCUT2D eigenvalue weighted by atomic mass is 10.2. The van der Waals surface area contributed by atoms with Gasteiger partial charge in [-0.15, -0.1) is 5.10 Å². The fourth-order valence-electron chi connectivity index (χ4n) is 3.51. The van der Waals surface area contributed by atoms with Gasteiger partial charge in [0.25, 0.3) is 0 Å². The van der Waals surface area contributed by atoms with E-state index in [0.29, 0.717) is 17.6 Å². The molecular weight excluding hydrogens is 373 g/mol. The topological polar surface area (TPSA) is 104 Å². The number of hydrogen-bond donors (Lipinski definition) is 1. The minimum absolute atomic E-state index is 0.0209. The molecule has 0 aromatic carbocycles. The lowest BCUT2D eigenvalue weighted by Gasteiger charge is -2.23. The summed E-state index contributed by atoms with van der Waals surface area (Å²) >= 11 is 12.0. The Hall–Kier alpha value is -1.10. The highest BCUT2D eigenvalue weighted by molar-refractivity contribution is 6.35. The first-order chi connectivity index (χ1) is 11.9. The van der Waals surface area contributed by atoms with Crippen molar-refractivity contribution in [2.45, 2.75) is 50.4 Å². The molecule has 3 heterocycles. The summed E-state index contributed by atoms with van der Waals surface area (Å²) in [5.74, 6) is -0.741. The molecule has 1 aliphatic carbocycles. The predicted octanol–water partition coefficient (Wildman–Crippen LogP) is 1.37. The van der Waals surface area contributed by atoms with Crippen molar-refractivity contribution in [3.8, 4) is 0 Å². The molecule has 2 aromatic heterocycles. The summed E-state index contributed by atoms with van der Waals surface area (Å²) in [7, 11) is 0. The zero-order chi connectivity index (χ0) is 17.8. The van der Waals surface area contributed by atoms with Gasteiger partial charge in [0.2, 0.25) is 5.28 Å². The summed E-state index contributed by atoms with van der Waals surface area (Å²) in [6.07, 6.45) is -0.242. The minimum atomic E-state index is -0.741. The van der Waals surface area contributed by atoms with Gasteiger partial charge in [-0.2, -0.15) is 4.98 Å². The number of nitrogens with zero attached hydrogens (tertiary/aromatic N) is 5. The van der Waals surface area contributed by atoms with Crippen LogP contribution in [0.25, 0.3) is 11.2 Å². The van der Waals surface area contributed by atoms with E-state index in [9.17, 15) is 0 Å². The Morgan fingerprint density at radius 1 is 1.28 bits per heavy atom. The second-order valence-electron chi connectivity index (χ2n) is 6.49. The van der Waals surface area contributed by atoms with Crippen molar-refractivity contribution in [1.82, 2.24) is 25.0 Å². The molecule has 2 aliphatic rings. The van der Waals surface area contributed by atoms with Gasteiger partial charge in [-0.3, -0.25) is 0 Å². The summed E-state index contributed by atoms with van der Waals surface area (Å²) in [6, 6.07) is -0.220. The zero-order valence-electron chi connectivity index (χ0n) is 13.6. The molecule has 0 radical (unpaired) electrons. The molecule has 136 valence electrons. The molecule has 4 atom stereocenters. The third kappa shape index (κ3) is 2.98. The van der Waals surface area contributed by atoms with Gasteiger partial charge in [0, 0.05) is 6.42 Å². The number of rotatable bonds is 4. The first kappa shape index (κ1) is 17.3. The zero-order valence-corrected chi connectivity index (χ0v) is 15.1. The maximum Gasteiger partial charge on any atom is 0.225 e. The Bertz CT molecular complexity index is 801. The van der Waals surface area contributed by atoms with Crippen molar-refractivity contribution in [1.29, 1.82) is 0 Å². The van der Waals surface area contributed by atoms with E-state index in [-0.39, 0.29) is 48.0 Å². The van der Waals surface area contributed by atoms with E-state index in [4.69, 9.17) is 42.5 Å². The molecule has 1 N–H and O–H groups in total. The van der Waals surface area contributed by atoms with Crippen LogP contribution in [-0.2, 0) is 14.2 Å². The van der Waals surface area contributed by atoms with Crippen molar-refractivity contribution in [3.63, 3.8) is 0 Å². The highest BCUT2D eigenvalue weighted by atomic mass is 35.5. The molecule has 1 saturated heterocycles. The van der Waals surface area contributed by atoms with Gasteiger partial charge in [0.1, 0.15) is 12.2 Å². The average Bonchev–Trinajstić information content (AvgIpc) is 3.16. The maximum atomic E-state index is 9.05. The quantitative estimate of drug-likeness (QED) is 0.617. The van der Waals surface area contributed by atoms with Crippen LogP contribution >= 0.6 is 23.2 Å². The number of ether oxygens (including phenoxy) is 3. The molecule has 4 unspecified atom stereocenters. The summed E-state index contributed by atoms with van der Waals surface area (Å²) in [5.41, 5.74) is 0.811. The molecule has 1 aliphatic heterocycles. The first-order valence-electron chi connectivity index (χ1n) is 7.91. The molecule has 1 saturated carbocycles. The molecule has 0 spiro atoms. The van der Waals surface area contributed by atoms with Crippen LogP contribution in [0.4, 0.5) is 0 Å². The van der Waals surface area contributed by atoms with E-state index in [2.05, 4.69) is 20.3 Å². The summed E-state index contributed by atoms with van der Waals surface area (Å²) in [6.45, 7) is 3.86. The van der Waals surface area contributed by atoms with Crippen LogP contribution in [0.5, 0.6) is 0 Å². The summed E-state index contributed by atoms with van der Waals surface area (Å²) < 4.78 is 19.4. The third-order valence-corrected chi connectivity index (χ3v) is 4.81. The number of hydrogen-bond acceptors (Lipinski definition) is 8. The molecule has 0 amide bonds. The van der Waals surface area contributed by atoms with E-state index in [1.165, 1.54) is 0 Å². The first-order valence-corrected chi connectivity index (χ1v) is 8.67. The Labute approximate surface area is 153 Å². The number of fused-ring (bicyclic) bond motifs is 2. The van der Waals surface area contributed by atoms with Crippen LogP contribution in [-0.4, -0.2) is 67.4 Å². The standard InChI is InChI=1S/C14H17Cl2N5O4/c1-14(2)24-9-6(5-7(10(9)25-14)23-4-3-22)21-12-8(19-20-21)11(15)17-13(16)18-12/h6-7,9-10,22H,3-5H2,1-2H3. The Balaban J connectivity index is 1.72. The smallest absolute Gasteiger partial charge is 0.225 e. The van der Waals surface area contributed by atoms with Gasteiger partial charge in [0.05, 0.1) is 25.4 Å². The van der Waals surface area contributed by atoms with Crippen LogP contribution in [0.1, 0.15) is 26.3 Å². The van der Waals surface area contributed by atoms with Crippen molar-refractivity contribution in [3.05, 3.63) is 10.4 Å². The Morgan fingerprint density at radius 2 is 2.04 bits per heavy atom. The molecule has 11 heteroatoms. The van der Waals surface area contributed by atoms with Crippen molar-refractivity contribution in [2.24, 2.45) is 0 Å². The second kappa shape index (κ2) is 6.26. The van der Waals surface area contributed by atoms with E-state index in [0.717, 1.165) is 0 Å². The molecule has 4 rings (SSSR count). The van der Waals surface area contributed by atoms with Crippen molar-refractivity contribution < 1.29 is 19.3 Å². The minimum Gasteiger partial charge on any atom is -0.394 e. The lowest BCUT2D eigenvalue weighted by Crippen LogP contribution is -2.31. The normalized spacial score (nSPS) is 30.9. The largest absolute Gasteiger partial charge is 0.394 e. The SMILES string of the molecule is CC1(C)OC2C(OCCO)CC(n3nnc4c(Cl)nc(Cl)nc43)C2O1.